The number of fused-ring (bicyclic) bond motifs is 1. The van der Waals surface area contributed by atoms with Gasteiger partial charge in [-0.15, -0.1) is 12.4 Å². The Hall–Kier alpha value is -2.48. The largest absolute Gasteiger partial charge is 0.468 e. The highest BCUT2D eigenvalue weighted by Gasteiger charge is 2.29. The van der Waals surface area contributed by atoms with Crippen molar-refractivity contribution in [3.8, 4) is 5.88 Å². The van der Waals surface area contributed by atoms with Crippen LogP contribution in [0.2, 0.25) is 0 Å². The van der Waals surface area contributed by atoms with Crippen LogP contribution in [0.4, 0.5) is 24.5 Å². The minimum atomic E-state index is -4.44. The number of benzene rings is 1. The number of nitrogens with two attached hydrogens (primary N) is 1. The number of nitrogen functional groups attached to an aromatic ring is 1. The third-order valence-corrected chi connectivity index (χ3v) is 3.90. The van der Waals surface area contributed by atoms with Gasteiger partial charge >= 0.3 is 6.18 Å². The molecular formula is C17H17ClF3N3O2. The highest BCUT2D eigenvalue weighted by molar-refractivity contribution is 6.07. The van der Waals surface area contributed by atoms with Gasteiger partial charge in [-0.3, -0.25) is 4.79 Å². The molecule has 0 radical (unpaired) electrons. The molecule has 1 amide bonds. The molecular weight excluding hydrogens is 371 g/mol. The zero-order valence-corrected chi connectivity index (χ0v) is 14.4. The summed E-state index contributed by atoms with van der Waals surface area (Å²) in [7, 11) is 0. The van der Waals surface area contributed by atoms with Gasteiger partial charge in [-0.05, 0) is 36.6 Å². The Bertz CT molecular complexity index is 782. The summed E-state index contributed by atoms with van der Waals surface area (Å²) < 4.78 is 41.0. The van der Waals surface area contributed by atoms with Crippen molar-refractivity contribution in [3.63, 3.8) is 0 Å². The van der Waals surface area contributed by atoms with Crippen LogP contribution in [0.5, 0.6) is 5.88 Å². The fourth-order valence-corrected chi connectivity index (χ4v) is 2.77. The maximum Gasteiger partial charge on any atom is 0.422 e. The number of pyridine rings is 1. The van der Waals surface area contributed by atoms with Gasteiger partial charge in [0.25, 0.3) is 5.91 Å². The molecule has 1 aromatic heterocycles. The van der Waals surface area contributed by atoms with Crippen molar-refractivity contribution in [3.05, 3.63) is 47.7 Å². The number of aromatic nitrogens is 1. The Balaban J connectivity index is 0.00000243. The fourth-order valence-electron chi connectivity index (χ4n) is 2.77. The standard InChI is InChI=1S/C17H16F3N3O2.ClH/c18-17(19,20)10-25-15-7-6-11(9-22-15)16(24)23-8-2-3-12-13(21)4-1-5-14(12)23;/h1,4-7,9H,2-3,8,10,21H2;1H. The number of hydrogen-bond donors (Lipinski definition) is 1. The minimum Gasteiger partial charge on any atom is -0.468 e. The lowest BCUT2D eigenvalue weighted by Crippen LogP contribution is -2.35. The molecule has 5 nitrogen and oxygen atoms in total. The Morgan fingerprint density at radius 3 is 2.69 bits per heavy atom. The van der Waals surface area contributed by atoms with Crippen molar-refractivity contribution in [1.29, 1.82) is 0 Å². The number of amides is 1. The average molecular weight is 388 g/mol. The minimum absolute atomic E-state index is 0. The van der Waals surface area contributed by atoms with E-state index in [9.17, 15) is 18.0 Å². The van der Waals surface area contributed by atoms with E-state index in [4.69, 9.17) is 5.73 Å². The van der Waals surface area contributed by atoms with Gasteiger partial charge in [0.15, 0.2) is 6.61 Å². The van der Waals surface area contributed by atoms with Gasteiger partial charge in [0.2, 0.25) is 5.88 Å². The topological polar surface area (TPSA) is 68.5 Å². The predicted octanol–water partition coefficient (Wildman–Crippen LogP) is 3.62. The van der Waals surface area contributed by atoms with Crippen LogP contribution in [0, 0.1) is 0 Å². The van der Waals surface area contributed by atoms with Crippen LogP contribution >= 0.6 is 12.4 Å². The maximum absolute atomic E-state index is 12.7. The quantitative estimate of drug-likeness (QED) is 0.817. The van der Waals surface area contributed by atoms with E-state index in [1.54, 1.807) is 17.0 Å². The Kier molecular flexibility index (Phi) is 5.97. The lowest BCUT2D eigenvalue weighted by molar-refractivity contribution is -0.154. The van der Waals surface area contributed by atoms with Crippen LogP contribution < -0.4 is 15.4 Å². The van der Waals surface area contributed by atoms with Crippen molar-refractivity contribution in [2.45, 2.75) is 19.0 Å². The van der Waals surface area contributed by atoms with E-state index >= 15 is 0 Å². The third kappa shape index (κ3) is 4.37. The molecule has 26 heavy (non-hydrogen) atoms. The number of ether oxygens (including phenoxy) is 1. The van der Waals surface area contributed by atoms with Gasteiger partial charge in [0.1, 0.15) is 0 Å². The second-order valence-corrected chi connectivity index (χ2v) is 5.69. The van der Waals surface area contributed by atoms with E-state index in [2.05, 4.69) is 9.72 Å². The first-order chi connectivity index (χ1) is 11.8. The van der Waals surface area contributed by atoms with Gasteiger partial charge in [-0.1, -0.05) is 6.07 Å². The zero-order valence-electron chi connectivity index (χ0n) is 13.6. The van der Waals surface area contributed by atoms with E-state index in [-0.39, 0.29) is 29.8 Å². The molecule has 0 saturated carbocycles. The maximum atomic E-state index is 12.7. The van der Waals surface area contributed by atoms with E-state index in [1.165, 1.54) is 18.3 Å². The predicted molar refractivity (Wildman–Crippen MR) is 93.9 cm³/mol. The van der Waals surface area contributed by atoms with Gasteiger partial charge in [0.05, 0.1) is 5.56 Å². The van der Waals surface area contributed by atoms with E-state index in [0.29, 0.717) is 12.2 Å². The molecule has 0 fully saturated rings. The van der Waals surface area contributed by atoms with Crippen molar-refractivity contribution in [2.75, 3.05) is 23.8 Å². The lowest BCUT2D eigenvalue weighted by Gasteiger charge is -2.30. The summed E-state index contributed by atoms with van der Waals surface area (Å²) in [5.41, 5.74) is 8.58. The summed E-state index contributed by atoms with van der Waals surface area (Å²) in [6.45, 7) is -0.881. The van der Waals surface area contributed by atoms with E-state index < -0.39 is 12.8 Å². The smallest absolute Gasteiger partial charge is 0.422 e. The molecule has 2 heterocycles. The van der Waals surface area contributed by atoms with Crippen molar-refractivity contribution >= 4 is 29.7 Å². The molecule has 0 aliphatic carbocycles. The summed E-state index contributed by atoms with van der Waals surface area (Å²) in [6, 6.07) is 8.06. The Morgan fingerprint density at radius 2 is 2.04 bits per heavy atom. The van der Waals surface area contributed by atoms with Crippen molar-refractivity contribution in [2.24, 2.45) is 0 Å². The molecule has 0 saturated heterocycles. The van der Waals surface area contributed by atoms with Gasteiger partial charge < -0.3 is 15.4 Å². The molecule has 0 unspecified atom stereocenters. The molecule has 1 aliphatic heterocycles. The second-order valence-electron chi connectivity index (χ2n) is 5.69. The molecule has 9 heteroatoms. The van der Waals surface area contributed by atoms with Crippen molar-refractivity contribution in [1.82, 2.24) is 4.98 Å². The number of anilines is 2. The van der Waals surface area contributed by atoms with Crippen LogP contribution in [0.25, 0.3) is 0 Å². The Labute approximate surface area is 154 Å². The van der Waals surface area contributed by atoms with Crippen LogP contribution in [0.3, 0.4) is 0 Å². The normalized spacial score (nSPS) is 13.6. The van der Waals surface area contributed by atoms with Crippen LogP contribution in [0.1, 0.15) is 22.3 Å². The summed E-state index contributed by atoms with van der Waals surface area (Å²) in [4.78, 5) is 18.1. The number of carbonyl (C=O) groups excluding carboxylic acids is 1. The van der Waals surface area contributed by atoms with Gasteiger partial charge in [-0.25, -0.2) is 4.98 Å². The first-order valence-corrected chi connectivity index (χ1v) is 7.70. The van der Waals surface area contributed by atoms with Crippen LogP contribution in [-0.4, -0.2) is 30.2 Å². The number of hydrogen-bond acceptors (Lipinski definition) is 4. The highest BCUT2D eigenvalue weighted by atomic mass is 35.5. The molecule has 2 aromatic rings. The van der Waals surface area contributed by atoms with Gasteiger partial charge in [-0.2, -0.15) is 13.2 Å². The number of nitrogens with zero attached hydrogens (tertiary/aromatic N) is 2. The van der Waals surface area contributed by atoms with Crippen LogP contribution in [-0.2, 0) is 6.42 Å². The molecule has 0 bridgehead atoms. The number of rotatable bonds is 3. The zero-order chi connectivity index (χ0) is 18.0. The highest BCUT2D eigenvalue weighted by Crippen LogP contribution is 2.32. The third-order valence-electron chi connectivity index (χ3n) is 3.90. The molecule has 0 atom stereocenters. The first-order valence-electron chi connectivity index (χ1n) is 7.70. The van der Waals surface area contributed by atoms with E-state index in [1.807, 2.05) is 6.07 Å². The number of alkyl halides is 3. The number of carbonyl (C=O) groups is 1. The number of halogens is 4. The molecule has 140 valence electrons. The fraction of sp³-hybridized carbons (Fsp3) is 0.294. The monoisotopic (exact) mass is 387 g/mol. The molecule has 2 N–H and O–H groups in total. The molecule has 1 aliphatic rings. The molecule has 0 spiro atoms. The summed E-state index contributed by atoms with van der Waals surface area (Å²) in [5, 5.41) is 0. The van der Waals surface area contributed by atoms with E-state index in [0.717, 1.165) is 24.1 Å². The second kappa shape index (κ2) is 7.82. The lowest BCUT2D eigenvalue weighted by atomic mass is 9.99. The summed E-state index contributed by atoms with van der Waals surface area (Å²) in [5.74, 6) is -0.460. The SMILES string of the molecule is Cl.Nc1cccc2c1CCCN2C(=O)c1ccc(OCC(F)(F)F)nc1. The first kappa shape index (κ1) is 19.8. The Morgan fingerprint density at radius 1 is 1.27 bits per heavy atom. The average Bonchev–Trinajstić information content (AvgIpc) is 2.59. The van der Waals surface area contributed by atoms with Crippen molar-refractivity contribution < 1.29 is 22.7 Å². The summed E-state index contributed by atoms with van der Waals surface area (Å²) >= 11 is 0. The molecule has 1 aromatic carbocycles. The van der Waals surface area contributed by atoms with Crippen LogP contribution in [0.15, 0.2) is 36.5 Å². The molecule has 3 rings (SSSR count). The summed E-state index contributed by atoms with van der Waals surface area (Å²) in [6.07, 6.45) is -1.64. The van der Waals surface area contributed by atoms with Gasteiger partial charge in [0, 0.05) is 30.2 Å².